The molecule has 0 heterocycles. The number of aliphatic hydroxyl groups excluding tert-OH is 1. The van der Waals surface area contributed by atoms with E-state index >= 15 is 0 Å². The summed E-state index contributed by atoms with van der Waals surface area (Å²) in [6, 6.07) is 0. The van der Waals surface area contributed by atoms with E-state index in [0.29, 0.717) is 13.2 Å². The lowest BCUT2D eigenvalue weighted by molar-refractivity contribution is -0.163. The van der Waals surface area contributed by atoms with Gasteiger partial charge in [-0.3, -0.25) is 0 Å². The number of hydrogen-bond acceptors (Lipinski definition) is 4. The Hall–Kier alpha value is -0.610. The molecule has 0 aromatic heterocycles. The molecule has 0 fully saturated rings. The lowest BCUT2D eigenvalue weighted by Crippen LogP contribution is -2.36. The Bertz CT molecular complexity index is 133. The highest BCUT2D eigenvalue weighted by Gasteiger charge is 2.24. The van der Waals surface area contributed by atoms with Gasteiger partial charge in [-0.25, -0.2) is 4.79 Å². The molecule has 0 saturated carbocycles. The second-order valence-corrected chi connectivity index (χ2v) is 2.37. The monoisotopic (exact) mass is 176 g/mol. The summed E-state index contributed by atoms with van der Waals surface area (Å²) in [6.07, 6.45) is -1.68. The SMILES string of the molecule is CCOC(=O)C(OCC)C(C)O. The van der Waals surface area contributed by atoms with Crippen LogP contribution in [0, 0.1) is 0 Å². The summed E-state index contributed by atoms with van der Waals surface area (Å²) in [4.78, 5) is 11.1. The van der Waals surface area contributed by atoms with E-state index in [1.54, 1.807) is 13.8 Å². The smallest absolute Gasteiger partial charge is 0.337 e. The molecule has 12 heavy (non-hydrogen) atoms. The average Bonchev–Trinajstić information content (AvgIpc) is 1.99. The molecule has 72 valence electrons. The predicted octanol–water partition coefficient (Wildman–Crippen LogP) is 0.335. The van der Waals surface area contributed by atoms with Crippen molar-refractivity contribution in [1.82, 2.24) is 0 Å². The molecule has 1 N–H and O–H groups in total. The highest BCUT2D eigenvalue weighted by Crippen LogP contribution is 2.01. The Morgan fingerprint density at radius 1 is 1.42 bits per heavy atom. The Kier molecular flexibility index (Phi) is 5.66. The second-order valence-electron chi connectivity index (χ2n) is 2.37. The van der Waals surface area contributed by atoms with Gasteiger partial charge in [-0.1, -0.05) is 0 Å². The summed E-state index contributed by atoms with van der Waals surface area (Å²) >= 11 is 0. The zero-order chi connectivity index (χ0) is 9.56. The van der Waals surface area contributed by atoms with Gasteiger partial charge in [0.15, 0.2) is 6.10 Å². The molecule has 4 heteroatoms. The molecule has 0 saturated heterocycles. The van der Waals surface area contributed by atoms with Crippen LogP contribution in [0.15, 0.2) is 0 Å². The van der Waals surface area contributed by atoms with Gasteiger partial charge in [0.1, 0.15) is 0 Å². The van der Waals surface area contributed by atoms with E-state index in [2.05, 4.69) is 0 Å². The lowest BCUT2D eigenvalue weighted by atomic mass is 10.2. The quantitative estimate of drug-likeness (QED) is 0.613. The van der Waals surface area contributed by atoms with Crippen molar-refractivity contribution in [2.75, 3.05) is 13.2 Å². The van der Waals surface area contributed by atoms with Crippen molar-refractivity contribution in [1.29, 1.82) is 0 Å². The van der Waals surface area contributed by atoms with Gasteiger partial charge in [0.25, 0.3) is 0 Å². The summed E-state index contributed by atoms with van der Waals surface area (Å²) in [5.74, 6) is -0.505. The fourth-order valence-electron chi connectivity index (χ4n) is 0.808. The van der Waals surface area contributed by atoms with E-state index in [4.69, 9.17) is 14.6 Å². The Balaban J connectivity index is 4.00. The number of carbonyl (C=O) groups excluding carboxylic acids is 1. The maximum absolute atomic E-state index is 11.1. The van der Waals surface area contributed by atoms with E-state index < -0.39 is 18.2 Å². The first-order valence-corrected chi connectivity index (χ1v) is 4.09. The summed E-state index contributed by atoms with van der Waals surface area (Å²) in [5, 5.41) is 9.11. The van der Waals surface area contributed by atoms with Crippen LogP contribution in [0.3, 0.4) is 0 Å². The third-order valence-corrected chi connectivity index (χ3v) is 1.30. The van der Waals surface area contributed by atoms with Gasteiger partial charge in [-0.15, -0.1) is 0 Å². The van der Waals surface area contributed by atoms with Crippen molar-refractivity contribution >= 4 is 5.97 Å². The molecule has 0 aromatic carbocycles. The van der Waals surface area contributed by atoms with Crippen LogP contribution >= 0.6 is 0 Å². The summed E-state index contributed by atoms with van der Waals surface area (Å²) in [6.45, 7) is 5.65. The van der Waals surface area contributed by atoms with Crippen LogP contribution in [0.4, 0.5) is 0 Å². The molecule has 0 aliphatic rings. The van der Waals surface area contributed by atoms with Crippen LogP contribution < -0.4 is 0 Å². The molecule has 0 radical (unpaired) electrons. The number of rotatable bonds is 5. The van der Waals surface area contributed by atoms with Crippen LogP contribution in [0.2, 0.25) is 0 Å². The molecule has 0 aromatic rings. The zero-order valence-corrected chi connectivity index (χ0v) is 7.74. The first-order chi connectivity index (χ1) is 5.63. The fraction of sp³-hybridized carbons (Fsp3) is 0.875. The zero-order valence-electron chi connectivity index (χ0n) is 7.74. The van der Waals surface area contributed by atoms with Gasteiger partial charge in [0.2, 0.25) is 0 Å². The Labute approximate surface area is 72.5 Å². The fourth-order valence-corrected chi connectivity index (χ4v) is 0.808. The minimum atomic E-state index is -0.852. The van der Waals surface area contributed by atoms with Crippen LogP contribution in [-0.2, 0) is 14.3 Å². The second kappa shape index (κ2) is 5.97. The number of aliphatic hydroxyl groups is 1. The molecule has 0 amide bonds. The third-order valence-electron chi connectivity index (χ3n) is 1.30. The van der Waals surface area contributed by atoms with E-state index in [1.807, 2.05) is 0 Å². The number of esters is 1. The van der Waals surface area contributed by atoms with Crippen molar-refractivity contribution in [3.63, 3.8) is 0 Å². The van der Waals surface area contributed by atoms with Crippen LogP contribution in [0.1, 0.15) is 20.8 Å². The number of hydrogen-bond donors (Lipinski definition) is 1. The molecule has 2 unspecified atom stereocenters. The largest absolute Gasteiger partial charge is 0.464 e. The van der Waals surface area contributed by atoms with Gasteiger partial charge in [-0.2, -0.15) is 0 Å². The van der Waals surface area contributed by atoms with Crippen molar-refractivity contribution in [2.45, 2.75) is 33.0 Å². The number of carbonyl (C=O) groups is 1. The lowest BCUT2D eigenvalue weighted by Gasteiger charge is -2.17. The molecule has 0 rings (SSSR count). The van der Waals surface area contributed by atoms with E-state index in [-0.39, 0.29) is 0 Å². The standard InChI is InChI=1S/C8H16O4/c1-4-11-7(6(3)9)8(10)12-5-2/h6-7,9H,4-5H2,1-3H3. The summed E-state index contributed by atoms with van der Waals surface area (Å²) in [5.41, 5.74) is 0. The minimum absolute atomic E-state index is 0.301. The van der Waals surface area contributed by atoms with E-state index in [0.717, 1.165) is 0 Å². The van der Waals surface area contributed by atoms with Crippen molar-refractivity contribution in [2.24, 2.45) is 0 Å². The first kappa shape index (κ1) is 11.4. The van der Waals surface area contributed by atoms with E-state index in [9.17, 15) is 4.79 Å². The number of ether oxygens (including phenoxy) is 2. The molecule has 0 bridgehead atoms. The molecule has 0 aliphatic carbocycles. The molecule has 2 atom stereocenters. The van der Waals surface area contributed by atoms with Crippen LogP contribution in [0.25, 0.3) is 0 Å². The summed E-state index contributed by atoms with van der Waals surface area (Å²) in [7, 11) is 0. The van der Waals surface area contributed by atoms with Crippen LogP contribution in [0.5, 0.6) is 0 Å². The van der Waals surface area contributed by atoms with Crippen molar-refractivity contribution in [3.05, 3.63) is 0 Å². The molecular formula is C8H16O4. The first-order valence-electron chi connectivity index (χ1n) is 4.09. The Morgan fingerprint density at radius 3 is 2.33 bits per heavy atom. The van der Waals surface area contributed by atoms with E-state index in [1.165, 1.54) is 6.92 Å². The molecule has 0 spiro atoms. The van der Waals surface area contributed by atoms with Gasteiger partial charge in [-0.05, 0) is 20.8 Å². The van der Waals surface area contributed by atoms with Crippen molar-refractivity contribution in [3.8, 4) is 0 Å². The highest BCUT2D eigenvalue weighted by molar-refractivity contribution is 5.75. The predicted molar refractivity (Wildman–Crippen MR) is 43.7 cm³/mol. The maximum Gasteiger partial charge on any atom is 0.337 e. The normalized spacial score (nSPS) is 15.3. The van der Waals surface area contributed by atoms with Crippen LogP contribution in [-0.4, -0.2) is 36.5 Å². The van der Waals surface area contributed by atoms with Gasteiger partial charge in [0, 0.05) is 6.61 Å². The van der Waals surface area contributed by atoms with Gasteiger partial charge < -0.3 is 14.6 Å². The van der Waals surface area contributed by atoms with Gasteiger partial charge in [0.05, 0.1) is 12.7 Å². The molecular weight excluding hydrogens is 160 g/mol. The topological polar surface area (TPSA) is 55.8 Å². The Morgan fingerprint density at radius 2 is 2.00 bits per heavy atom. The third kappa shape index (κ3) is 3.69. The van der Waals surface area contributed by atoms with Crippen molar-refractivity contribution < 1.29 is 19.4 Å². The van der Waals surface area contributed by atoms with Gasteiger partial charge >= 0.3 is 5.97 Å². The molecule has 0 aliphatic heterocycles. The molecule has 4 nitrogen and oxygen atoms in total. The maximum atomic E-state index is 11.1. The summed E-state index contributed by atoms with van der Waals surface area (Å²) < 4.78 is 9.69. The average molecular weight is 176 g/mol. The minimum Gasteiger partial charge on any atom is -0.464 e. The highest BCUT2D eigenvalue weighted by atomic mass is 16.6.